The van der Waals surface area contributed by atoms with Crippen LogP contribution < -0.4 is 4.90 Å². The second-order valence-electron chi connectivity index (χ2n) is 11.4. The fourth-order valence-corrected chi connectivity index (χ4v) is 7.85. The summed E-state index contributed by atoms with van der Waals surface area (Å²) in [7, 11) is 5.68. The maximum Gasteiger partial charge on any atom is 0.156 e. The molecule has 0 amide bonds. The first kappa shape index (κ1) is 23.8. The molecular weight excluding hydrogens is 426 g/mol. The van der Waals surface area contributed by atoms with E-state index in [1.54, 1.807) is 7.11 Å². The Labute approximate surface area is 203 Å². The molecule has 34 heavy (non-hydrogen) atoms. The molecule has 0 aromatic heterocycles. The fourth-order valence-electron chi connectivity index (χ4n) is 7.85. The largest absolute Gasteiger partial charge is 0.388 e. The molecule has 4 aliphatic rings. The molecule has 0 radical (unpaired) electrons. The molecule has 5 heteroatoms. The fraction of sp³-hybridized carbons (Fsp3) is 0.621. The van der Waals surface area contributed by atoms with E-state index in [1.807, 2.05) is 6.08 Å². The number of aliphatic hydroxyl groups is 2. The van der Waals surface area contributed by atoms with Crippen LogP contribution in [-0.2, 0) is 9.53 Å². The molecule has 4 aliphatic carbocycles. The molecule has 2 saturated carbocycles. The number of nitrogens with zero attached hydrogens (tertiary/aromatic N) is 1. The summed E-state index contributed by atoms with van der Waals surface area (Å²) in [6.45, 7) is 2.36. The van der Waals surface area contributed by atoms with Crippen LogP contribution in [0.2, 0.25) is 0 Å². The molecule has 0 spiro atoms. The summed E-state index contributed by atoms with van der Waals surface area (Å²) in [5.41, 5.74) is 5.03. The molecule has 5 rings (SSSR count). The van der Waals surface area contributed by atoms with Crippen LogP contribution in [0.15, 0.2) is 47.1 Å². The summed E-state index contributed by atoms with van der Waals surface area (Å²) in [5.74, 6) is 1.13. The molecule has 5 nitrogen and oxygen atoms in total. The number of anilines is 1. The van der Waals surface area contributed by atoms with Crippen molar-refractivity contribution in [2.75, 3.05) is 32.7 Å². The average molecular weight is 466 g/mol. The van der Waals surface area contributed by atoms with Gasteiger partial charge < -0.3 is 19.8 Å². The highest BCUT2D eigenvalue weighted by Crippen LogP contribution is 2.67. The van der Waals surface area contributed by atoms with Crippen LogP contribution in [0.1, 0.15) is 63.4 Å². The van der Waals surface area contributed by atoms with Gasteiger partial charge in [-0.25, -0.2) is 0 Å². The zero-order valence-corrected chi connectivity index (χ0v) is 21.0. The number of allylic oxidation sites excluding steroid dienone is 4. The van der Waals surface area contributed by atoms with Crippen molar-refractivity contribution in [2.45, 2.75) is 69.5 Å². The van der Waals surface area contributed by atoms with Gasteiger partial charge in [-0.3, -0.25) is 4.79 Å². The van der Waals surface area contributed by atoms with Crippen molar-refractivity contribution in [3.63, 3.8) is 0 Å². The number of hydrogen-bond donors (Lipinski definition) is 2. The number of methoxy groups -OCH3 is 1. The molecule has 6 atom stereocenters. The van der Waals surface area contributed by atoms with Crippen LogP contribution in [-0.4, -0.2) is 55.5 Å². The molecule has 0 aliphatic heterocycles. The number of carbonyl (C=O) groups excluding carboxylic acids is 1. The first-order valence-corrected chi connectivity index (χ1v) is 12.8. The summed E-state index contributed by atoms with van der Waals surface area (Å²) in [5, 5.41) is 23.0. The maximum absolute atomic E-state index is 12.2. The average Bonchev–Trinajstić information content (AvgIpc) is 3.10. The molecule has 2 fully saturated rings. The van der Waals surface area contributed by atoms with Gasteiger partial charge in [0.15, 0.2) is 5.78 Å². The van der Waals surface area contributed by atoms with Crippen LogP contribution in [0.4, 0.5) is 5.69 Å². The first-order chi connectivity index (χ1) is 16.2. The van der Waals surface area contributed by atoms with E-state index in [2.05, 4.69) is 50.2 Å². The number of ether oxygens (including phenoxy) is 1. The minimum Gasteiger partial charge on any atom is -0.388 e. The monoisotopic (exact) mass is 465 g/mol. The van der Waals surface area contributed by atoms with Gasteiger partial charge >= 0.3 is 0 Å². The third-order valence-corrected chi connectivity index (χ3v) is 9.64. The Hall–Kier alpha value is -1.95. The van der Waals surface area contributed by atoms with Crippen molar-refractivity contribution in [1.29, 1.82) is 0 Å². The minimum atomic E-state index is -1.16. The van der Waals surface area contributed by atoms with Gasteiger partial charge in [0.1, 0.15) is 6.10 Å². The Balaban J connectivity index is 1.64. The van der Waals surface area contributed by atoms with Crippen molar-refractivity contribution in [3.8, 4) is 0 Å². The van der Waals surface area contributed by atoms with E-state index in [1.165, 1.54) is 28.0 Å². The van der Waals surface area contributed by atoms with Gasteiger partial charge in [0.25, 0.3) is 0 Å². The van der Waals surface area contributed by atoms with E-state index < -0.39 is 17.1 Å². The highest BCUT2D eigenvalue weighted by atomic mass is 16.5. The Kier molecular flexibility index (Phi) is 6.02. The van der Waals surface area contributed by atoms with E-state index in [4.69, 9.17) is 4.74 Å². The van der Waals surface area contributed by atoms with Gasteiger partial charge in [-0.05, 0) is 85.3 Å². The van der Waals surface area contributed by atoms with Crippen molar-refractivity contribution in [2.24, 2.45) is 17.3 Å². The quantitative estimate of drug-likeness (QED) is 0.675. The van der Waals surface area contributed by atoms with Crippen molar-refractivity contribution < 1.29 is 19.7 Å². The van der Waals surface area contributed by atoms with Crippen LogP contribution in [0.25, 0.3) is 0 Å². The summed E-state index contributed by atoms with van der Waals surface area (Å²) >= 11 is 0. The zero-order chi connectivity index (χ0) is 24.3. The van der Waals surface area contributed by atoms with Gasteiger partial charge in [0, 0.05) is 44.6 Å². The van der Waals surface area contributed by atoms with Gasteiger partial charge in [-0.1, -0.05) is 24.6 Å². The summed E-state index contributed by atoms with van der Waals surface area (Å²) < 4.78 is 5.28. The molecule has 2 N–H and O–H groups in total. The molecule has 0 heterocycles. The third-order valence-electron chi connectivity index (χ3n) is 9.64. The molecular formula is C29H39NO4. The molecule has 0 saturated heterocycles. The van der Waals surface area contributed by atoms with Gasteiger partial charge in [0.2, 0.25) is 0 Å². The highest BCUT2D eigenvalue weighted by molar-refractivity contribution is 5.93. The first-order valence-electron chi connectivity index (χ1n) is 12.8. The molecule has 1 aromatic rings. The van der Waals surface area contributed by atoms with E-state index in [-0.39, 0.29) is 18.3 Å². The number of carbonyl (C=O) groups is 1. The van der Waals surface area contributed by atoms with Crippen molar-refractivity contribution in [1.82, 2.24) is 0 Å². The summed E-state index contributed by atoms with van der Waals surface area (Å²) in [6.07, 6.45) is 6.70. The number of fused-ring (bicyclic) bond motifs is 4. The lowest BCUT2D eigenvalue weighted by atomic mass is 9.50. The summed E-state index contributed by atoms with van der Waals surface area (Å²) in [4.78, 5) is 14.3. The lowest BCUT2D eigenvalue weighted by Crippen LogP contribution is -2.58. The zero-order valence-electron chi connectivity index (χ0n) is 21.0. The van der Waals surface area contributed by atoms with Crippen LogP contribution in [0.5, 0.6) is 0 Å². The van der Waals surface area contributed by atoms with E-state index in [0.717, 1.165) is 32.1 Å². The van der Waals surface area contributed by atoms with Crippen LogP contribution in [0.3, 0.4) is 0 Å². The van der Waals surface area contributed by atoms with Gasteiger partial charge in [0.05, 0.1) is 12.2 Å². The number of hydrogen-bond acceptors (Lipinski definition) is 5. The molecule has 184 valence electrons. The van der Waals surface area contributed by atoms with E-state index in [0.29, 0.717) is 24.7 Å². The van der Waals surface area contributed by atoms with Crippen molar-refractivity contribution in [3.05, 3.63) is 52.6 Å². The van der Waals surface area contributed by atoms with Crippen molar-refractivity contribution >= 4 is 11.5 Å². The molecule has 0 bridgehead atoms. The summed E-state index contributed by atoms with van der Waals surface area (Å²) in [6, 6.07) is 8.82. The van der Waals surface area contributed by atoms with Crippen LogP contribution >= 0.6 is 0 Å². The second kappa shape index (κ2) is 8.61. The van der Waals surface area contributed by atoms with Crippen LogP contribution in [0, 0.1) is 17.3 Å². The number of benzene rings is 1. The highest BCUT2D eigenvalue weighted by Gasteiger charge is 2.65. The Morgan fingerprint density at radius 2 is 1.88 bits per heavy atom. The standard InChI is InChI=1S/C29H39NO4/c1-28-16-24(18-5-8-20(9-6-18)30(2)3)27-22-12-10-21(31)15-19(22)7-11-23(27)25(28)13-14-29(28,33)26(32)17-34-4/h5-6,8-9,15,23-26,32-33H,7,10-14,16-17H2,1-4H3/t23-,24+,25-,26?,28-,29-/m0/s1. The topological polar surface area (TPSA) is 70.0 Å². The smallest absolute Gasteiger partial charge is 0.156 e. The lowest BCUT2D eigenvalue weighted by molar-refractivity contribution is -0.173. The maximum atomic E-state index is 12.2. The third kappa shape index (κ3) is 3.51. The molecule has 1 aromatic carbocycles. The second-order valence-corrected chi connectivity index (χ2v) is 11.4. The van der Waals surface area contributed by atoms with E-state index >= 15 is 0 Å². The Bertz CT molecular complexity index is 1030. The normalized spacial score (nSPS) is 35.9. The Morgan fingerprint density at radius 1 is 1.15 bits per heavy atom. The minimum absolute atomic E-state index is 0.147. The number of ketones is 1. The number of aliphatic hydroxyl groups excluding tert-OH is 1. The number of rotatable bonds is 5. The predicted octanol–water partition coefficient (Wildman–Crippen LogP) is 4.39. The Morgan fingerprint density at radius 3 is 2.56 bits per heavy atom. The lowest BCUT2D eigenvalue weighted by Gasteiger charge is -2.55. The SMILES string of the molecule is COCC(O)[C@@]1(O)CC[C@H]2[C@@H]3CCC4=CC(=O)CCC4=C3[C@@H](c3ccc(N(C)C)cc3)C[C@@]21C. The predicted molar refractivity (Wildman–Crippen MR) is 134 cm³/mol. The van der Waals surface area contributed by atoms with Gasteiger partial charge in [-0.2, -0.15) is 0 Å². The van der Waals surface area contributed by atoms with E-state index in [9.17, 15) is 15.0 Å². The molecule has 1 unspecified atom stereocenters. The van der Waals surface area contributed by atoms with Gasteiger partial charge in [-0.15, -0.1) is 0 Å².